The minimum atomic E-state index is -0.910. The fraction of sp³-hybridized carbons (Fsp3) is 0.286. The molecular weight excluding hydrogens is 260 g/mol. The molecule has 0 atom stereocenters. The van der Waals surface area contributed by atoms with Gasteiger partial charge in [0.1, 0.15) is 4.88 Å². The Bertz CT molecular complexity index is 552. The number of carbonyl (C=O) groups is 1. The van der Waals surface area contributed by atoms with Crippen LogP contribution in [-0.2, 0) is 6.42 Å². The van der Waals surface area contributed by atoms with Crippen LogP contribution in [0.1, 0.15) is 27.3 Å². The first-order chi connectivity index (χ1) is 9.16. The molecule has 0 unspecified atom stereocenters. The Morgan fingerprint density at radius 3 is 2.74 bits per heavy atom. The first kappa shape index (κ1) is 13.5. The summed E-state index contributed by atoms with van der Waals surface area (Å²) < 4.78 is 0. The lowest BCUT2D eigenvalue weighted by Gasteiger charge is -2.02. The number of hydrogen-bond acceptors (Lipinski definition) is 4. The van der Waals surface area contributed by atoms with Crippen LogP contribution in [0.15, 0.2) is 30.3 Å². The van der Waals surface area contributed by atoms with Gasteiger partial charge in [0.25, 0.3) is 0 Å². The molecule has 2 N–H and O–H groups in total. The van der Waals surface area contributed by atoms with E-state index in [1.807, 2.05) is 18.2 Å². The normalized spacial score (nSPS) is 10.4. The molecule has 0 saturated heterocycles. The van der Waals surface area contributed by atoms with Gasteiger partial charge in [-0.15, -0.1) is 0 Å². The summed E-state index contributed by atoms with van der Waals surface area (Å²) in [5, 5.41) is 12.8. The Balaban J connectivity index is 1.80. The Morgan fingerprint density at radius 1 is 1.37 bits per heavy atom. The van der Waals surface area contributed by atoms with Gasteiger partial charge in [0, 0.05) is 6.54 Å². The van der Waals surface area contributed by atoms with Crippen LogP contribution in [0.25, 0.3) is 0 Å². The molecule has 1 heterocycles. The minimum Gasteiger partial charge on any atom is -0.477 e. The van der Waals surface area contributed by atoms with Gasteiger partial charge in [-0.05, 0) is 25.3 Å². The highest BCUT2D eigenvalue weighted by Crippen LogP contribution is 2.22. The zero-order valence-electron chi connectivity index (χ0n) is 10.7. The van der Waals surface area contributed by atoms with Crippen LogP contribution in [0, 0.1) is 6.92 Å². The zero-order valence-corrected chi connectivity index (χ0v) is 11.5. The molecule has 0 aliphatic heterocycles. The number of nitrogens with one attached hydrogen (secondary N) is 1. The number of carboxylic acid groups (broad SMARTS) is 1. The van der Waals surface area contributed by atoms with Crippen molar-refractivity contribution in [2.45, 2.75) is 19.8 Å². The molecule has 1 aromatic heterocycles. The third-order valence-electron chi connectivity index (χ3n) is 2.75. The van der Waals surface area contributed by atoms with Crippen molar-refractivity contribution in [2.75, 3.05) is 11.9 Å². The maximum Gasteiger partial charge on any atom is 0.347 e. The summed E-state index contributed by atoms with van der Waals surface area (Å²) >= 11 is 1.19. The van der Waals surface area contributed by atoms with Gasteiger partial charge in [0.15, 0.2) is 5.13 Å². The van der Waals surface area contributed by atoms with Crippen LogP contribution in [0.4, 0.5) is 5.13 Å². The number of anilines is 1. The number of carboxylic acids is 1. The monoisotopic (exact) mass is 276 g/mol. The summed E-state index contributed by atoms with van der Waals surface area (Å²) in [5.74, 6) is -0.910. The Kier molecular flexibility index (Phi) is 4.52. The lowest BCUT2D eigenvalue weighted by atomic mass is 10.1. The fourth-order valence-electron chi connectivity index (χ4n) is 1.80. The molecule has 19 heavy (non-hydrogen) atoms. The fourth-order valence-corrected chi connectivity index (χ4v) is 2.63. The molecule has 0 aliphatic rings. The first-order valence-electron chi connectivity index (χ1n) is 6.15. The molecule has 2 rings (SSSR count). The van der Waals surface area contributed by atoms with Crippen LogP contribution in [0.3, 0.4) is 0 Å². The number of hydrogen-bond donors (Lipinski definition) is 2. The van der Waals surface area contributed by atoms with Crippen LogP contribution < -0.4 is 5.32 Å². The second-order valence-electron chi connectivity index (χ2n) is 4.25. The van der Waals surface area contributed by atoms with Crippen molar-refractivity contribution in [3.63, 3.8) is 0 Å². The van der Waals surface area contributed by atoms with Gasteiger partial charge in [-0.1, -0.05) is 41.7 Å². The summed E-state index contributed by atoms with van der Waals surface area (Å²) in [6.07, 6.45) is 2.00. The lowest BCUT2D eigenvalue weighted by Crippen LogP contribution is -2.02. The molecule has 0 aliphatic carbocycles. The van der Waals surface area contributed by atoms with E-state index >= 15 is 0 Å². The molecule has 0 fully saturated rings. The average molecular weight is 276 g/mol. The lowest BCUT2D eigenvalue weighted by molar-refractivity contribution is 0.0701. The van der Waals surface area contributed by atoms with E-state index in [4.69, 9.17) is 5.11 Å². The van der Waals surface area contributed by atoms with E-state index in [2.05, 4.69) is 22.4 Å². The third kappa shape index (κ3) is 3.79. The van der Waals surface area contributed by atoms with Gasteiger partial charge in [-0.2, -0.15) is 0 Å². The maximum atomic E-state index is 10.9. The SMILES string of the molecule is Cc1nc(NCCCc2ccccc2)sc1C(=O)O. The smallest absolute Gasteiger partial charge is 0.347 e. The van der Waals surface area contributed by atoms with Gasteiger partial charge in [0.05, 0.1) is 5.69 Å². The molecule has 4 nitrogen and oxygen atoms in total. The average Bonchev–Trinajstić information content (AvgIpc) is 2.77. The highest BCUT2D eigenvalue weighted by molar-refractivity contribution is 7.17. The number of thiazole rings is 1. The zero-order chi connectivity index (χ0) is 13.7. The van der Waals surface area contributed by atoms with Crippen molar-refractivity contribution in [1.29, 1.82) is 0 Å². The van der Waals surface area contributed by atoms with Crippen LogP contribution in [-0.4, -0.2) is 22.6 Å². The third-order valence-corrected chi connectivity index (χ3v) is 3.86. The van der Waals surface area contributed by atoms with Crippen molar-refractivity contribution in [1.82, 2.24) is 4.98 Å². The Morgan fingerprint density at radius 2 is 2.11 bits per heavy atom. The first-order valence-corrected chi connectivity index (χ1v) is 6.97. The van der Waals surface area contributed by atoms with Crippen LogP contribution in [0.2, 0.25) is 0 Å². The highest BCUT2D eigenvalue weighted by atomic mass is 32.1. The Hall–Kier alpha value is -1.88. The van der Waals surface area contributed by atoms with E-state index in [0.29, 0.717) is 15.7 Å². The highest BCUT2D eigenvalue weighted by Gasteiger charge is 2.13. The number of aromatic carboxylic acids is 1. The summed E-state index contributed by atoms with van der Waals surface area (Å²) in [4.78, 5) is 15.4. The van der Waals surface area contributed by atoms with Crippen LogP contribution >= 0.6 is 11.3 Å². The number of rotatable bonds is 6. The molecule has 0 bridgehead atoms. The maximum absolute atomic E-state index is 10.9. The van der Waals surface area contributed by atoms with Crippen molar-refractivity contribution >= 4 is 22.4 Å². The van der Waals surface area contributed by atoms with Gasteiger partial charge < -0.3 is 10.4 Å². The molecular formula is C14H16N2O2S. The predicted molar refractivity (Wildman–Crippen MR) is 77.1 cm³/mol. The molecule has 5 heteroatoms. The summed E-state index contributed by atoms with van der Waals surface area (Å²) in [7, 11) is 0. The molecule has 2 aromatic rings. The number of aromatic nitrogens is 1. The van der Waals surface area contributed by atoms with E-state index < -0.39 is 5.97 Å². The molecule has 1 aromatic carbocycles. The van der Waals surface area contributed by atoms with Crippen molar-refractivity contribution in [2.24, 2.45) is 0 Å². The second-order valence-corrected chi connectivity index (χ2v) is 5.25. The van der Waals surface area contributed by atoms with Crippen molar-refractivity contribution < 1.29 is 9.90 Å². The molecule has 0 spiro atoms. The van der Waals surface area contributed by atoms with Gasteiger partial charge in [-0.25, -0.2) is 9.78 Å². The minimum absolute atomic E-state index is 0.311. The standard InChI is InChI=1S/C14H16N2O2S/c1-10-12(13(17)18)19-14(16-10)15-9-5-8-11-6-3-2-4-7-11/h2-4,6-7H,5,8-9H2,1H3,(H,15,16)(H,17,18). The topological polar surface area (TPSA) is 62.2 Å². The molecule has 0 saturated carbocycles. The van der Waals surface area contributed by atoms with E-state index in [1.165, 1.54) is 16.9 Å². The largest absolute Gasteiger partial charge is 0.477 e. The van der Waals surface area contributed by atoms with Crippen molar-refractivity contribution in [3.8, 4) is 0 Å². The Labute approximate surface area is 116 Å². The van der Waals surface area contributed by atoms with Crippen molar-refractivity contribution in [3.05, 3.63) is 46.5 Å². The number of aryl methyl sites for hydroxylation is 2. The number of benzene rings is 1. The van der Waals surface area contributed by atoms with E-state index in [-0.39, 0.29) is 0 Å². The van der Waals surface area contributed by atoms with E-state index in [9.17, 15) is 4.79 Å². The summed E-state index contributed by atoms with van der Waals surface area (Å²) in [6.45, 7) is 2.51. The molecule has 0 radical (unpaired) electrons. The quantitative estimate of drug-likeness (QED) is 0.795. The predicted octanol–water partition coefficient (Wildman–Crippen LogP) is 3.19. The molecule has 0 amide bonds. The number of nitrogens with zero attached hydrogens (tertiary/aromatic N) is 1. The second kappa shape index (κ2) is 6.33. The molecule has 100 valence electrons. The van der Waals surface area contributed by atoms with Gasteiger partial charge >= 0.3 is 5.97 Å². The van der Waals surface area contributed by atoms with Crippen LogP contribution in [0.5, 0.6) is 0 Å². The summed E-state index contributed by atoms with van der Waals surface area (Å²) in [6, 6.07) is 10.3. The van der Waals surface area contributed by atoms with Gasteiger partial charge in [-0.3, -0.25) is 0 Å². The van der Waals surface area contributed by atoms with Gasteiger partial charge in [0.2, 0.25) is 0 Å². The van der Waals surface area contributed by atoms with E-state index in [0.717, 1.165) is 19.4 Å². The van der Waals surface area contributed by atoms with E-state index in [1.54, 1.807) is 6.92 Å². The summed E-state index contributed by atoms with van der Waals surface area (Å²) in [5.41, 5.74) is 1.88.